The molecule has 5 nitrogen and oxygen atoms in total. The van der Waals surface area contributed by atoms with Crippen LogP contribution in [0.25, 0.3) is 0 Å². The number of hydrogen-bond donors (Lipinski definition) is 1. The van der Waals surface area contributed by atoms with Crippen LogP contribution in [-0.2, 0) is 19.4 Å². The minimum atomic E-state index is -0.659. The number of rotatable bonds is 7. The Morgan fingerprint density at radius 2 is 2.07 bits per heavy atom. The molecule has 0 aliphatic rings. The van der Waals surface area contributed by atoms with Crippen LogP contribution in [-0.4, -0.2) is 24.9 Å². The lowest BCUT2D eigenvalue weighted by Crippen LogP contribution is -2.14. The zero-order chi connectivity index (χ0) is 11.7. The lowest BCUT2D eigenvalue weighted by atomic mass is 10.2. The van der Waals surface area contributed by atoms with Crippen molar-refractivity contribution in [3.63, 3.8) is 0 Å². The molecular formula is C10H17NO4. The first-order valence-electron chi connectivity index (χ1n) is 4.86. The van der Waals surface area contributed by atoms with E-state index in [0.29, 0.717) is 6.61 Å². The molecule has 0 saturated heterocycles. The summed E-state index contributed by atoms with van der Waals surface area (Å²) in [5.41, 5.74) is 5.27. The number of unbranched alkanes of at least 4 members (excludes halogenated alkanes) is 1. The lowest BCUT2D eigenvalue weighted by molar-refractivity contribution is -0.268. The topological polar surface area (TPSA) is 78.6 Å². The molecule has 0 amide bonds. The zero-order valence-electron chi connectivity index (χ0n) is 9.12. The summed E-state index contributed by atoms with van der Waals surface area (Å²) in [6.45, 7) is 3.71. The molecule has 0 radical (unpaired) electrons. The van der Waals surface area contributed by atoms with Gasteiger partial charge < -0.3 is 5.73 Å². The molecule has 15 heavy (non-hydrogen) atoms. The van der Waals surface area contributed by atoms with Crippen molar-refractivity contribution in [3.05, 3.63) is 11.6 Å². The van der Waals surface area contributed by atoms with Gasteiger partial charge in [0.05, 0.1) is 13.2 Å². The van der Waals surface area contributed by atoms with Gasteiger partial charge in [0.25, 0.3) is 0 Å². The van der Waals surface area contributed by atoms with Crippen LogP contribution in [0.1, 0.15) is 26.7 Å². The molecule has 0 spiro atoms. The van der Waals surface area contributed by atoms with E-state index in [0.717, 1.165) is 18.9 Å². The Morgan fingerprint density at radius 3 is 2.60 bits per heavy atom. The van der Waals surface area contributed by atoms with E-state index in [1.54, 1.807) is 0 Å². The molecule has 0 bridgehead atoms. The summed E-state index contributed by atoms with van der Waals surface area (Å²) < 4.78 is 0. The van der Waals surface area contributed by atoms with E-state index in [1.807, 2.05) is 6.92 Å². The van der Waals surface area contributed by atoms with E-state index >= 15 is 0 Å². The molecule has 0 heterocycles. The van der Waals surface area contributed by atoms with Crippen LogP contribution in [0.3, 0.4) is 0 Å². The fourth-order valence-electron chi connectivity index (χ4n) is 0.724. The molecule has 0 aromatic carbocycles. The fraction of sp³-hybridized carbons (Fsp3) is 0.600. The smallest absolute Gasteiger partial charge is 0.324 e. The molecule has 0 rings (SSSR count). The fourth-order valence-corrected chi connectivity index (χ4v) is 0.724. The molecular weight excluding hydrogens is 198 g/mol. The quantitative estimate of drug-likeness (QED) is 0.293. The predicted molar refractivity (Wildman–Crippen MR) is 54.8 cm³/mol. The minimum absolute atomic E-state index is 0.124. The molecule has 0 aromatic rings. The zero-order valence-corrected chi connectivity index (χ0v) is 9.12. The second-order valence-electron chi connectivity index (χ2n) is 3.04. The van der Waals surface area contributed by atoms with Crippen molar-refractivity contribution in [3.8, 4) is 0 Å². The van der Waals surface area contributed by atoms with Crippen molar-refractivity contribution < 1.29 is 19.4 Å². The summed E-state index contributed by atoms with van der Waals surface area (Å²) in [7, 11) is 0. The number of ketones is 1. The lowest BCUT2D eigenvalue weighted by Gasteiger charge is -2.02. The molecule has 0 aromatic heterocycles. The Hall–Kier alpha value is -1.20. The van der Waals surface area contributed by atoms with Crippen LogP contribution in [0.2, 0.25) is 0 Å². The first-order chi connectivity index (χ1) is 7.11. The largest absolute Gasteiger partial charge is 0.368 e. The Labute approximate surface area is 89.2 Å². The van der Waals surface area contributed by atoms with Crippen LogP contribution >= 0.6 is 0 Å². The van der Waals surface area contributed by atoms with Gasteiger partial charge in [-0.25, -0.2) is 4.79 Å². The standard InChI is InChI=1S/C10H17NO4/c1-3-4-5-14-15-10(13)8(2)6-9(12)7-11/h6H,3-5,7,11H2,1-2H3. The van der Waals surface area contributed by atoms with E-state index < -0.39 is 5.97 Å². The van der Waals surface area contributed by atoms with Crippen LogP contribution < -0.4 is 5.73 Å². The van der Waals surface area contributed by atoms with Crippen LogP contribution in [0, 0.1) is 0 Å². The maximum Gasteiger partial charge on any atom is 0.368 e. The number of carbonyl (C=O) groups is 2. The van der Waals surface area contributed by atoms with E-state index in [1.165, 1.54) is 6.92 Å². The SMILES string of the molecule is CCCCOOC(=O)C(C)=CC(=O)CN. The molecule has 0 saturated carbocycles. The van der Waals surface area contributed by atoms with Crippen molar-refractivity contribution >= 4 is 11.8 Å². The second kappa shape index (κ2) is 8.14. The van der Waals surface area contributed by atoms with Gasteiger partial charge in [-0.05, 0) is 19.4 Å². The number of carbonyl (C=O) groups excluding carboxylic acids is 2. The average Bonchev–Trinajstić information content (AvgIpc) is 2.23. The molecule has 0 unspecified atom stereocenters. The molecule has 0 aliphatic carbocycles. The van der Waals surface area contributed by atoms with Crippen molar-refractivity contribution in [2.75, 3.05) is 13.2 Å². The molecule has 0 aliphatic heterocycles. The van der Waals surface area contributed by atoms with E-state index in [9.17, 15) is 9.59 Å². The van der Waals surface area contributed by atoms with Crippen LogP contribution in [0.5, 0.6) is 0 Å². The number of nitrogens with two attached hydrogens (primary N) is 1. The van der Waals surface area contributed by atoms with Gasteiger partial charge in [-0.2, -0.15) is 4.89 Å². The number of hydrogen-bond acceptors (Lipinski definition) is 5. The first-order valence-corrected chi connectivity index (χ1v) is 4.86. The van der Waals surface area contributed by atoms with Gasteiger partial charge >= 0.3 is 5.97 Å². The molecule has 5 heteroatoms. The van der Waals surface area contributed by atoms with E-state index in [-0.39, 0.29) is 17.9 Å². The summed E-state index contributed by atoms with van der Waals surface area (Å²) in [5, 5.41) is 0. The monoisotopic (exact) mass is 215 g/mol. The Kier molecular flexibility index (Phi) is 7.49. The van der Waals surface area contributed by atoms with Crippen molar-refractivity contribution in [1.82, 2.24) is 0 Å². The van der Waals surface area contributed by atoms with Gasteiger partial charge in [-0.1, -0.05) is 13.3 Å². The Bertz CT molecular complexity index is 248. The van der Waals surface area contributed by atoms with Crippen molar-refractivity contribution in [1.29, 1.82) is 0 Å². The summed E-state index contributed by atoms with van der Waals surface area (Å²) in [4.78, 5) is 31.1. The second-order valence-corrected chi connectivity index (χ2v) is 3.04. The molecule has 0 fully saturated rings. The summed E-state index contributed by atoms with van der Waals surface area (Å²) in [6, 6.07) is 0. The van der Waals surface area contributed by atoms with E-state index in [2.05, 4.69) is 9.78 Å². The van der Waals surface area contributed by atoms with Gasteiger partial charge in [0.1, 0.15) is 0 Å². The van der Waals surface area contributed by atoms with Gasteiger partial charge in [0, 0.05) is 5.57 Å². The van der Waals surface area contributed by atoms with E-state index in [4.69, 9.17) is 5.73 Å². The van der Waals surface area contributed by atoms with Crippen molar-refractivity contribution in [2.45, 2.75) is 26.7 Å². The summed E-state index contributed by atoms with van der Waals surface area (Å²) >= 11 is 0. The highest BCUT2D eigenvalue weighted by Crippen LogP contribution is 1.98. The van der Waals surface area contributed by atoms with Crippen LogP contribution in [0.4, 0.5) is 0 Å². The molecule has 86 valence electrons. The maximum absolute atomic E-state index is 11.1. The highest BCUT2D eigenvalue weighted by Gasteiger charge is 2.08. The average molecular weight is 215 g/mol. The third-order valence-corrected chi connectivity index (χ3v) is 1.62. The maximum atomic E-state index is 11.1. The third-order valence-electron chi connectivity index (χ3n) is 1.62. The Morgan fingerprint density at radius 1 is 1.40 bits per heavy atom. The molecule has 2 N–H and O–H groups in total. The van der Waals surface area contributed by atoms with Gasteiger partial charge in [-0.3, -0.25) is 9.68 Å². The van der Waals surface area contributed by atoms with Gasteiger partial charge in [0.2, 0.25) is 0 Å². The predicted octanol–water partition coefficient (Wildman–Crippen LogP) is 0.735. The van der Waals surface area contributed by atoms with Gasteiger partial charge in [0.15, 0.2) is 5.78 Å². The van der Waals surface area contributed by atoms with Crippen molar-refractivity contribution in [2.24, 2.45) is 5.73 Å². The van der Waals surface area contributed by atoms with Crippen LogP contribution in [0.15, 0.2) is 11.6 Å². The highest BCUT2D eigenvalue weighted by atomic mass is 17.2. The highest BCUT2D eigenvalue weighted by molar-refractivity contribution is 5.99. The summed E-state index contributed by atoms with van der Waals surface area (Å²) in [6.07, 6.45) is 2.92. The van der Waals surface area contributed by atoms with Gasteiger partial charge in [-0.15, -0.1) is 0 Å². The molecule has 0 atom stereocenters. The minimum Gasteiger partial charge on any atom is -0.324 e. The normalized spacial score (nSPS) is 11.3. The summed E-state index contributed by atoms with van der Waals surface area (Å²) in [5.74, 6) is -0.981. The third kappa shape index (κ3) is 6.82. The first kappa shape index (κ1) is 13.8. The Balaban J connectivity index is 3.89.